The van der Waals surface area contributed by atoms with Crippen molar-refractivity contribution in [1.29, 1.82) is 0 Å². The number of halogens is 2. The molecule has 2 heterocycles. The number of aromatic nitrogens is 1. The Bertz CT molecular complexity index is 850. The predicted molar refractivity (Wildman–Crippen MR) is 82.6 cm³/mol. The van der Waals surface area contributed by atoms with Crippen LogP contribution in [-0.2, 0) is 0 Å². The molecule has 126 valence electrons. The van der Waals surface area contributed by atoms with E-state index in [4.69, 9.17) is 0 Å². The van der Waals surface area contributed by atoms with Gasteiger partial charge in [0, 0.05) is 18.3 Å². The van der Waals surface area contributed by atoms with Gasteiger partial charge < -0.3 is 15.0 Å². The van der Waals surface area contributed by atoms with Crippen molar-refractivity contribution < 1.29 is 18.7 Å². The van der Waals surface area contributed by atoms with Gasteiger partial charge in [0.25, 0.3) is 5.91 Å². The molecule has 1 aromatic heterocycles. The van der Waals surface area contributed by atoms with Crippen LogP contribution < -0.4 is 5.56 Å². The third kappa shape index (κ3) is 2.94. The molecular formula is C17H16F2N2O3. The molecule has 0 bridgehead atoms. The Balaban J connectivity index is 1.96. The maximum Gasteiger partial charge on any atom is 0.256 e. The van der Waals surface area contributed by atoms with Crippen molar-refractivity contribution in [2.24, 2.45) is 0 Å². The van der Waals surface area contributed by atoms with Gasteiger partial charge in [0.2, 0.25) is 5.56 Å². The van der Waals surface area contributed by atoms with Crippen LogP contribution in [0.2, 0.25) is 0 Å². The van der Waals surface area contributed by atoms with E-state index < -0.39 is 23.8 Å². The number of amides is 1. The van der Waals surface area contributed by atoms with Gasteiger partial charge in [-0.3, -0.25) is 9.59 Å². The molecule has 0 spiro atoms. The Labute approximate surface area is 136 Å². The lowest BCUT2D eigenvalue weighted by atomic mass is 10.0. The zero-order valence-electron chi connectivity index (χ0n) is 12.9. The number of nitrogens with zero attached hydrogens (tertiary/aromatic N) is 1. The maximum atomic E-state index is 13.5. The van der Waals surface area contributed by atoms with Crippen LogP contribution in [-0.4, -0.2) is 33.5 Å². The predicted octanol–water partition coefficient (Wildman–Crippen LogP) is 1.91. The van der Waals surface area contributed by atoms with Crippen LogP contribution in [0.15, 0.2) is 35.1 Å². The van der Waals surface area contributed by atoms with Gasteiger partial charge in [-0.15, -0.1) is 0 Å². The highest BCUT2D eigenvalue weighted by atomic mass is 19.2. The molecule has 5 nitrogen and oxygen atoms in total. The number of carbonyl (C=O) groups excluding carboxylic acids is 1. The number of rotatable bonds is 2. The molecule has 7 heteroatoms. The Hall–Kier alpha value is -2.54. The summed E-state index contributed by atoms with van der Waals surface area (Å²) in [6.07, 6.45) is -0.519. The van der Waals surface area contributed by atoms with E-state index >= 15 is 0 Å². The number of aliphatic hydroxyl groups is 1. The monoisotopic (exact) mass is 334 g/mol. The summed E-state index contributed by atoms with van der Waals surface area (Å²) in [5.41, 5.74) is 0.817. The lowest BCUT2D eigenvalue weighted by molar-refractivity contribution is 0.0714. The molecule has 1 aliphatic rings. The molecular weight excluding hydrogens is 318 g/mol. The molecule has 0 radical (unpaired) electrons. The number of β-amino-alcohol motifs (C(OH)–C–C–N with tert-alkyl or cyclic N) is 1. The van der Waals surface area contributed by atoms with Crippen LogP contribution in [0.3, 0.4) is 0 Å². The first-order valence-electron chi connectivity index (χ1n) is 7.50. The smallest absolute Gasteiger partial charge is 0.256 e. The van der Waals surface area contributed by atoms with Crippen molar-refractivity contribution in [1.82, 2.24) is 9.88 Å². The number of carbonyl (C=O) groups is 1. The Morgan fingerprint density at radius 3 is 2.67 bits per heavy atom. The van der Waals surface area contributed by atoms with Crippen LogP contribution >= 0.6 is 0 Å². The van der Waals surface area contributed by atoms with E-state index in [1.807, 2.05) is 0 Å². The molecule has 2 atom stereocenters. The fraction of sp³-hybridized carbons (Fsp3) is 0.294. The van der Waals surface area contributed by atoms with Crippen molar-refractivity contribution in [2.75, 3.05) is 6.54 Å². The normalized spacial score (nSPS) is 20.4. The number of benzene rings is 1. The fourth-order valence-corrected chi connectivity index (χ4v) is 3.04. The molecule has 24 heavy (non-hydrogen) atoms. The Morgan fingerprint density at radius 2 is 2.00 bits per heavy atom. The molecule has 1 amide bonds. The van der Waals surface area contributed by atoms with E-state index in [-0.39, 0.29) is 24.4 Å². The van der Waals surface area contributed by atoms with Gasteiger partial charge in [0.1, 0.15) is 0 Å². The number of nitrogens with one attached hydrogen (secondary N) is 1. The van der Waals surface area contributed by atoms with Crippen molar-refractivity contribution in [3.8, 4) is 0 Å². The molecule has 2 unspecified atom stereocenters. The highest BCUT2D eigenvalue weighted by Crippen LogP contribution is 2.34. The number of aryl methyl sites for hydroxylation is 1. The van der Waals surface area contributed by atoms with Crippen LogP contribution in [0.4, 0.5) is 8.78 Å². The summed E-state index contributed by atoms with van der Waals surface area (Å²) in [5.74, 6) is -2.34. The number of aliphatic hydroxyl groups excluding tert-OH is 1. The number of pyridine rings is 1. The number of H-pyrrole nitrogens is 1. The largest absolute Gasteiger partial charge is 0.391 e. The zero-order chi connectivity index (χ0) is 17.4. The van der Waals surface area contributed by atoms with Gasteiger partial charge in [-0.25, -0.2) is 8.78 Å². The van der Waals surface area contributed by atoms with E-state index in [0.29, 0.717) is 16.8 Å². The molecule has 1 saturated heterocycles. The second kappa shape index (κ2) is 6.16. The fourth-order valence-electron chi connectivity index (χ4n) is 3.04. The summed E-state index contributed by atoms with van der Waals surface area (Å²) >= 11 is 0. The average molecular weight is 334 g/mol. The first-order chi connectivity index (χ1) is 11.4. The quantitative estimate of drug-likeness (QED) is 0.881. The van der Waals surface area contributed by atoms with Crippen LogP contribution in [0.1, 0.15) is 34.1 Å². The van der Waals surface area contributed by atoms with E-state index in [0.717, 1.165) is 12.1 Å². The second-order valence-electron chi connectivity index (χ2n) is 5.90. The van der Waals surface area contributed by atoms with E-state index in [1.165, 1.54) is 23.1 Å². The summed E-state index contributed by atoms with van der Waals surface area (Å²) in [7, 11) is 0. The average Bonchev–Trinajstić information content (AvgIpc) is 2.91. The number of hydrogen-bond donors (Lipinski definition) is 2. The molecule has 1 aromatic carbocycles. The lowest BCUT2D eigenvalue weighted by Gasteiger charge is -2.25. The van der Waals surface area contributed by atoms with E-state index in [2.05, 4.69) is 4.98 Å². The van der Waals surface area contributed by atoms with Crippen molar-refractivity contribution in [3.05, 3.63) is 69.1 Å². The van der Waals surface area contributed by atoms with Crippen LogP contribution in [0.5, 0.6) is 0 Å². The summed E-state index contributed by atoms with van der Waals surface area (Å²) in [5, 5.41) is 9.94. The van der Waals surface area contributed by atoms with E-state index in [9.17, 15) is 23.5 Å². The molecule has 3 rings (SSSR count). The van der Waals surface area contributed by atoms with Crippen molar-refractivity contribution >= 4 is 5.91 Å². The van der Waals surface area contributed by atoms with Gasteiger partial charge >= 0.3 is 0 Å². The highest BCUT2D eigenvalue weighted by molar-refractivity contribution is 5.95. The summed E-state index contributed by atoms with van der Waals surface area (Å²) in [4.78, 5) is 28.0. The summed E-state index contributed by atoms with van der Waals surface area (Å²) in [6.45, 7) is 1.69. The highest BCUT2D eigenvalue weighted by Gasteiger charge is 2.36. The SMILES string of the molecule is Cc1[nH]c(=O)ccc1C(=O)N1CC(O)CC1c1ccc(F)c(F)c1. The molecule has 2 N–H and O–H groups in total. The molecule has 0 saturated carbocycles. The Kier molecular flexibility index (Phi) is 4.19. The minimum absolute atomic E-state index is 0.0844. The van der Waals surface area contributed by atoms with Gasteiger partial charge in [-0.1, -0.05) is 6.07 Å². The first-order valence-corrected chi connectivity index (χ1v) is 7.50. The van der Waals surface area contributed by atoms with Gasteiger partial charge in [-0.05, 0) is 37.1 Å². The molecule has 1 fully saturated rings. The van der Waals surface area contributed by atoms with Crippen molar-refractivity contribution in [3.63, 3.8) is 0 Å². The number of aromatic amines is 1. The standard InChI is InChI=1S/C17H16F2N2O3/c1-9-12(3-5-16(23)20-9)17(24)21-8-11(22)7-15(21)10-2-4-13(18)14(19)6-10/h2-6,11,15,22H,7-8H2,1H3,(H,20,23). The van der Waals surface area contributed by atoms with Crippen molar-refractivity contribution in [2.45, 2.75) is 25.5 Å². The zero-order valence-corrected chi connectivity index (χ0v) is 12.9. The Morgan fingerprint density at radius 1 is 1.25 bits per heavy atom. The third-order valence-electron chi connectivity index (χ3n) is 4.21. The first kappa shape index (κ1) is 16.3. The third-order valence-corrected chi connectivity index (χ3v) is 4.21. The number of likely N-dealkylation sites (tertiary alicyclic amines) is 1. The van der Waals surface area contributed by atoms with Gasteiger partial charge in [0.05, 0.1) is 17.7 Å². The maximum absolute atomic E-state index is 13.5. The lowest BCUT2D eigenvalue weighted by Crippen LogP contribution is -2.33. The number of hydrogen-bond acceptors (Lipinski definition) is 3. The molecule has 1 aliphatic heterocycles. The summed E-state index contributed by atoms with van der Waals surface area (Å²) in [6, 6.07) is 5.56. The minimum Gasteiger partial charge on any atom is -0.391 e. The molecule has 0 aliphatic carbocycles. The van der Waals surface area contributed by atoms with Gasteiger partial charge in [0.15, 0.2) is 11.6 Å². The second-order valence-corrected chi connectivity index (χ2v) is 5.90. The van der Waals surface area contributed by atoms with Gasteiger partial charge in [-0.2, -0.15) is 0 Å². The molecule has 2 aromatic rings. The van der Waals surface area contributed by atoms with Crippen LogP contribution in [0.25, 0.3) is 0 Å². The topological polar surface area (TPSA) is 73.4 Å². The van der Waals surface area contributed by atoms with E-state index in [1.54, 1.807) is 6.92 Å². The minimum atomic E-state index is -0.999. The summed E-state index contributed by atoms with van der Waals surface area (Å²) < 4.78 is 26.6. The van der Waals surface area contributed by atoms with Crippen LogP contribution in [0, 0.1) is 18.6 Å².